The van der Waals surface area contributed by atoms with Crippen LogP contribution in [0.5, 0.6) is 0 Å². The largest absolute Gasteiger partial charge is 0.463 e. The van der Waals surface area contributed by atoms with Crippen LogP contribution in [0.3, 0.4) is 0 Å². The summed E-state index contributed by atoms with van der Waals surface area (Å²) in [6.07, 6.45) is 3.16. The lowest BCUT2D eigenvalue weighted by Gasteiger charge is -1.94. The summed E-state index contributed by atoms with van der Waals surface area (Å²) in [4.78, 5) is 10.9. The standard InChI is InChI=1S/C11H12O2.C2H4O/c1-2-13-11(12)9-8-10-6-4-3-5-7-10;1-2-3-1/h3-9H,2H2,1H3;1-2H2. The van der Waals surface area contributed by atoms with Crippen LogP contribution in [0.15, 0.2) is 36.4 Å². The van der Waals surface area contributed by atoms with E-state index in [9.17, 15) is 4.79 Å². The van der Waals surface area contributed by atoms with Crippen LogP contribution in [0.1, 0.15) is 12.5 Å². The Kier molecular flexibility index (Phi) is 5.96. The normalized spacial score (nSPS) is 12.8. The molecule has 0 N–H and O–H groups in total. The van der Waals surface area contributed by atoms with Gasteiger partial charge in [-0.2, -0.15) is 0 Å². The number of carbonyl (C=O) groups excluding carboxylic acids is 1. The monoisotopic (exact) mass is 220 g/mol. The fourth-order valence-electron chi connectivity index (χ4n) is 0.919. The van der Waals surface area contributed by atoms with Crippen molar-refractivity contribution >= 4 is 12.0 Å². The fourth-order valence-corrected chi connectivity index (χ4v) is 0.919. The Morgan fingerprint density at radius 1 is 1.38 bits per heavy atom. The van der Waals surface area contributed by atoms with E-state index in [0.717, 1.165) is 18.8 Å². The highest BCUT2D eigenvalue weighted by molar-refractivity contribution is 5.86. The molecule has 1 aromatic rings. The molecule has 0 saturated carbocycles. The van der Waals surface area contributed by atoms with Gasteiger partial charge in [0.2, 0.25) is 0 Å². The van der Waals surface area contributed by atoms with Crippen molar-refractivity contribution in [2.24, 2.45) is 0 Å². The Morgan fingerprint density at radius 2 is 2.00 bits per heavy atom. The Bertz CT molecular complexity index is 326. The Morgan fingerprint density at radius 3 is 2.50 bits per heavy atom. The number of rotatable bonds is 3. The zero-order chi connectivity index (χ0) is 11.6. The van der Waals surface area contributed by atoms with E-state index in [1.54, 1.807) is 13.0 Å². The quantitative estimate of drug-likeness (QED) is 0.445. The van der Waals surface area contributed by atoms with Crippen LogP contribution in [0.25, 0.3) is 6.08 Å². The zero-order valence-corrected chi connectivity index (χ0v) is 9.39. The second-order valence-corrected chi connectivity index (χ2v) is 3.11. The summed E-state index contributed by atoms with van der Waals surface area (Å²) in [5.41, 5.74) is 0.996. The molecule has 0 bridgehead atoms. The van der Waals surface area contributed by atoms with Crippen molar-refractivity contribution in [1.29, 1.82) is 0 Å². The molecule has 1 aliphatic heterocycles. The Balaban J connectivity index is 0.000000365. The molecule has 0 aromatic heterocycles. The summed E-state index contributed by atoms with van der Waals surface area (Å²) < 4.78 is 9.24. The van der Waals surface area contributed by atoms with Crippen LogP contribution in [-0.4, -0.2) is 25.8 Å². The number of benzene rings is 1. The van der Waals surface area contributed by atoms with Crippen LogP contribution in [0.4, 0.5) is 0 Å². The Labute approximate surface area is 95.7 Å². The lowest BCUT2D eigenvalue weighted by molar-refractivity contribution is -0.137. The fraction of sp³-hybridized carbons (Fsp3) is 0.308. The van der Waals surface area contributed by atoms with Gasteiger partial charge in [0.1, 0.15) is 0 Å². The molecule has 0 amide bonds. The minimum atomic E-state index is -0.300. The van der Waals surface area contributed by atoms with Gasteiger partial charge < -0.3 is 9.47 Å². The predicted octanol–water partition coefficient (Wildman–Crippen LogP) is 2.28. The van der Waals surface area contributed by atoms with E-state index in [4.69, 9.17) is 4.74 Å². The third-order valence-corrected chi connectivity index (χ3v) is 1.70. The van der Waals surface area contributed by atoms with Gasteiger partial charge in [0.05, 0.1) is 19.8 Å². The molecule has 3 heteroatoms. The van der Waals surface area contributed by atoms with Crippen LogP contribution >= 0.6 is 0 Å². The summed E-state index contributed by atoms with van der Waals surface area (Å²) in [5, 5.41) is 0. The molecule has 2 rings (SSSR count). The second-order valence-electron chi connectivity index (χ2n) is 3.11. The SMILES string of the molecule is C1CO1.CCOC(=O)C=Cc1ccccc1. The van der Waals surface area contributed by atoms with Gasteiger partial charge in [-0.25, -0.2) is 4.79 Å². The molecule has 3 nitrogen and oxygen atoms in total. The highest BCUT2D eigenvalue weighted by Gasteiger charge is 1.94. The summed E-state index contributed by atoms with van der Waals surface area (Å²) >= 11 is 0. The number of hydrogen-bond donors (Lipinski definition) is 0. The number of esters is 1. The van der Waals surface area contributed by atoms with Crippen molar-refractivity contribution in [3.63, 3.8) is 0 Å². The molecule has 1 saturated heterocycles. The number of hydrogen-bond acceptors (Lipinski definition) is 3. The van der Waals surface area contributed by atoms with E-state index in [1.807, 2.05) is 30.3 Å². The molecular weight excluding hydrogens is 204 g/mol. The van der Waals surface area contributed by atoms with Gasteiger partial charge in [0.25, 0.3) is 0 Å². The maximum Gasteiger partial charge on any atom is 0.330 e. The van der Waals surface area contributed by atoms with Crippen LogP contribution < -0.4 is 0 Å². The van der Waals surface area contributed by atoms with Gasteiger partial charge in [0, 0.05) is 6.08 Å². The molecule has 1 fully saturated rings. The third kappa shape index (κ3) is 6.79. The lowest BCUT2D eigenvalue weighted by atomic mass is 10.2. The van der Waals surface area contributed by atoms with Crippen LogP contribution in [0.2, 0.25) is 0 Å². The first-order chi connectivity index (χ1) is 7.83. The number of epoxide rings is 1. The van der Waals surface area contributed by atoms with Crippen molar-refractivity contribution in [3.8, 4) is 0 Å². The highest BCUT2D eigenvalue weighted by atomic mass is 16.6. The minimum absolute atomic E-state index is 0.300. The first kappa shape index (κ1) is 12.5. The molecule has 0 radical (unpaired) electrons. The van der Waals surface area contributed by atoms with Gasteiger partial charge in [-0.05, 0) is 18.6 Å². The van der Waals surface area contributed by atoms with E-state index in [1.165, 1.54) is 6.08 Å². The highest BCUT2D eigenvalue weighted by Crippen LogP contribution is 2.00. The summed E-state index contributed by atoms with van der Waals surface area (Å²) in [5.74, 6) is -0.300. The summed E-state index contributed by atoms with van der Waals surface area (Å²) in [6.45, 7) is 4.20. The number of carbonyl (C=O) groups is 1. The van der Waals surface area contributed by atoms with Gasteiger partial charge in [-0.3, -0.25) is 0 Å². The molecule has 0 atom stereocenters. The molecule has 0 spiro atoms. The topological polar surface area (TPSA) is 38.8 Å². The predicted molar refractivity (Wildman–Crippen MR) is 62.9 cm³/mol. The molecule has 0 unspecified atom stereocenters. The smallest absolute Gasteiger partial charge is 0.330 e. The zero-order valence-electron chi connectivity index (χ0n) is 9.39. The molecular formula is C13H16O3. The maximum absolute atomic E-state index is 10.9. The van der Waals surface area contributed by atoms with E-state index in [-0.39, 0.29) is 5.97 Å². The van der Waals surface area contributed by atoms with Crippen molar-refractivity contribution < 1.29 is 14.3 Å². The van der Waals surface area contributed by atoms with E-state index >= 15 is 0 Å². The molecule has 86 valence electrons. The molecule has 1 aliphatic rings. The Hall–Kier alpha value is -1.61. The van der Waals surface area contributed by atoms with Gasteiger partial charge in [0.15, 0.2) is 0 Å². The van der Waals surface area contributed by atoms with Crippen molar-refractivity contribution in [1.82, 2.24) is 0 Å². The molecule has 0 aliphatic carbocycles. The average Bonchev–Trinajstić information content (AvgIpc) is 3.16. The lowest BCUT2D eigenvalue weighted by Crippen LogP contribution is -1.98. The summed E-state index contributed by atoms with van der Waals surface area (Å²) in [6, 6.07) is 9.63. The summed E-state index contributed by atoms with van der Waals surface area (Å²) in [7, 11) is 0. The van der Waals surface area contributed by atoms with Gasteiger partial charge >= 0.3 is 5.97 Å². The van der Waals surface area contributed by atoms with E-state index in [2.05, 4.69) is 4.74 Å². The van der Waals surface area contributed by atoms with E-state index < -0.39 is 0 Å². The first-order valence-corrected chi connectivity index (χ1v) is 5.30. The molecule has 16 heavy (non-hydrogen) atoms. The van der Waals surface area contributed by atoms with E-state index in [0.29, 0.717) is 6.61 Å². The first-order valence-electron chi connectivity index (χ1n) is 5.30. The average molecular weight is 220 g/mol. The molecule has 1 aromatic carbocycles. The van der Waals surface area contributed by atoms with Crippen molar-refractivity contribution in [2.45, 2.75) is 6.92 Å². The minimum Gasteiger partial charge on any atom is -0.463 e. The van der Waals surface area contributed by atoms with Crippen molar-refractivity contribution in [2.75, 3.05) is 19.8 Å². The molecule has 1 heterocycles. The van der Waals surface area contributed by atoms with Crippen LogP contribution in [0, 0.1) is 0 Å². The second kappa shape index (κ2) is 7.65. The number of ether oxygens (including phenoxy) is 2. The van der Waals surface area contributed by atoms with Crippen molar-refractivity contribution in [3.05, 3.63) is 42.0 Å². The maximum atomic E-state index is 10.9. The third-order valence-electron chi connectivity index (χ3n) is 1.70. The van der Waals surface area contributed by atoms with Crippen LogP contribution in [-0.2, 0) is 14.3 Å². The van der Waals surface area contributed by atoms with Gasteiger partial charge in [-0.15, -0.1) is 0 Å². The van der Waals surface area contributed by atoms with Gasteiger partial charge in [-0.1, -0.05) is 30.3 Å².